The van der Waals surface area contributed by atoms with Gasteiger partial charge in [-0.05, 0) is 19.1 Å². The smallest absolute Gasteiger partial charge is 0.262 e. The summed E-state index contributed by atoms with van der Waals surface area (Å²) in [6.45, 7) is 5.23. The van der Waals surface area contributed by atoms with Crippen molar-refractivity contribution in [3.63, 3.8) is 0 Å². The quantitative estimate of drug-likeness (QED) is 0.488. The third kappa shape index (κ3) is 4.33. The van der Waals surface area contributed by atoms with E-state index in [2.05, 4.69) is 25.7 Å². The SMILES string of the molecule is CC(C(=O)NCCNc1cc(N2CCOCC2)cnn1)N1C(=O)c2ccccc2C1=O. The highest BCUT2D eigenvalue weighted by Gasteiger charge is 2.40. The summed E-state index contributed by atoms with van der Waals surface area (Å²) in [5, 5.41) is 14.0. The van der Waals surface area contributed by atoms with Crippen molar-refractivity contribution in [2.24, 2.45) is 0 Å². The third-order valence-electron chi connectivity index (χ3n) is 5.34. The van der Waals surface area contributed by atoms with Crippen LogP contribution in [-0.2, 0) is 9.53 Å². The third-order valence-corrected chi connectivity index (χ3v) is 5.34. The first-order valence-electron chi connectivity index (χ1n) is 10.2. The van der Waals surface area contributed by atoms with Gasteiger partial charge in [0.15, 0.2) is 5.82 Å². The van der Waals surface area contributed by atoms with E-state index in [0.29, 0.717) is 43.2 Å². The lowest BCUT2D eigenvalue weighted by molar-refractivity contribution is -0.124. The lowest BCUT2D eigenvalue weighted by atomic mass is 10.1. The Morgan fingerprint density at radius 3 is 2.48 bits per heavy atom. The van der Waals surface area contributed by atoms with E-state index in [1.165, 1.54) is 0 Å². The lowest BCUT2D eigenvalue weighted by Crippen LogP contribution is -2.48. The molecule has 1 atom stereocenters. The van der Waals surface area contributed by atoms with Crippen LogP contribution in [0.3, 0.4) is 0 Å². The number of imide groups is 1. The zero-order valence-corrected chi connectivity index (χ0v) is 17.2. The Kier molecular flexibility index (Phi) is 6.08. The van der Waals surface area contributed by atoms with Gasteiger partial charge in [-0.15, -0.1) is 5.10 Å². The molecule has 0 saturated carbocycles. The van der Waals surface area contributed by atoms with Crippen LogP contribution in [0.2, 0.25) is 0 Å². The van der Waals surface area contributed by atoms with Crippen LogP contribution in [0, 0.1) is 0 Å². The fourth-order valence-corrected chi connectivity index (χ4v) is 3.64. The van der Waals surface area contributed by atoms with Gasteiger partial charge < -0.3 is 20.3 Å². The van der Waals surface area contributed by atoms with Gasteiger partial charge in [-0.25, -0.2) is 0 Å². The monoisotopic (exact) mass is 424 g/mol. The second-order valence-electron chi connectivity index (χ2n) is 7.32. The number of morpholine rings is 1. The van der Waals surface area contributed by atoms with E-state index in [4.69, 9.17) is 4.74 Å². The highest BCUT2D eigenvalue weighted by Crippen LogP contribution is 2.24. The highest BCUT2D eigenvalue weighted by molar-refractivity contribution is 6.22. The number of carbonyl (C=O) groups is 3. The van der Waals surface area contributed by atoms with Crippen molar-refractivity contribution in [1.29, 1.82) is 0 Å². The zero-order valence-electron chi connectivity index (χ0n) is 17.2. The number of ether oxygens (including phenoxy) is 1. The number of hydrogen-bond donors (Lipinski definition) is 2. The molecular formula is C21H24N6O4. The average Bonchev–Trinajstić information content (AvgIpc) is 3.07. The van der Waals surface area contributed by atoms with Gasteiger partial charge in [0.05, 0.1) is 36.2 Å². The minimum Gasteiger partial charge on any atom is -0.378 e. The standard InChI is InChI=1S/C21H24N6O4/c1-14(27-20(29)16-4-2-3-5-17(16)21(27)30)19(28)23-7-6-22-18-12-15(13-24-25-18)26-8-10-31-11-9-26/h2-5,12-14H,6-11H2,1H3,(H,22,25)(H,23,28). The lowest BCUT2D eigenvalue weighted by Gasteiger charge is -2.28. The fourth-order valence-electron chi connectivity index (χ4n) is 3.64. The van der Waals surface area contributed by atoms with Crippen molar-refractivity contribution < 1.29 is 19.1 Å². The number of nitrogens with one attached hydrogen (secondary N) is 2. The number of amides is 3. The molecule has 1 aromatic carbocycles. The summed E-state index contributed by atoms with van der Waals surface area (Å²) in [4.78, 5) is 40.7. The molecule has 31 heavy (non-hydrogen) atoms. The molecule has 2 aromatic rings. The molecular weight excluding hydrogens is 400 g/mol. The maximum atomic E-state index is 12.5. The highest BCUT2D eigenvalue weighted by atomic mass is 16.5. The minimum atomic E-state index is -0.906. The Balaban J connectivity index is 1.27. The molecule has 10 nitrogen and oxygen atoms in total. The first kappa shape index (κ1) is 20.7. The van der Waals surface area contributed by atoms with Gasteiger partial charge in [0.25, 0.3) is 11.8 Å². The molecule has 10 heteroatoms. The van der Waals surface area contributed by atoms with E-state index in [1.807, 2.05) is 6.07 Å². The molecule has 3 heterocycles. The van der Waals surface area contributed by atoms with Crippen LogP contribution in [0.4, 0.5) is 11.5 Å². The Morgan fingerprint density at radius 1 is 1.13 bits per heavy atom. The molecule has 162 valence electrons. The number of aromatic nitrogens is 2. The topological polar surface area (TPSA) is 117 Å². The number of carbonyl (C=O) groups excluding carboxylic acids is 3. The minimum absolute atomic E-state index is 0.301. The van der Waals surface area contributed by atoms with Gasteiger partial charge in [0.2, 0.25) is 5.91 Å². The van der Waals surface area contributed by atoms with Crippen molar-refractivity contribution >= 4 is 29.2 Å². The van der Waals surface area contributed by atoms with Crippen LogP contribution in [0.5, 0.6) is 0 Å². The van der Waals surface area contributed by atoms with Crippen molar-refractivity contribution in [2.75, 3.05) is 49.6 Å². The molecule has 2 N–H and O–H groups in total. The maximum Gasteiger partial charge on any atom is 0.262 e. The molecule has 2 aliphatic rings. The molecule has 1 fully saturated rings. The van der Waals surface area contributed by atoms with Crippen LogP contribution >= 0.6 is 0 Å². The van der Waals surface area contributed by atoms with Crippen molar-refractivity contribution in [3.05, 3.63) is 47.7 Å². The van der Waals surface area contributed by atoms with Crippen LogP contribution in [0.1, 0.15) is 27.6 Å². The molecule has 0 spiro atoms. The second-order valence-corrected chi connectivity index (χ2v) is 7.32. The number of anilines is 2. The molecule has 0 aliphatic carbocycles. The Labute approximate surface area is 179 Å². The Morgan fingerprint density at radius 2 is 1.81 bits per heavy atom. The Hall–Kier alpha value is -3.53. The van der Waals surface area contributed by atoms with Gasteiger partial charge in [-0.1, -0.05) is 12.1 Å². The first-order chi connectivity index (χ1) is 15.1. The molecule has 4 rings (SSSR count). The molecule has 1 aromatic heterocycles. The van der Waals surface area contributed by atoms with E-state index in [1.54, 1.807) is 37.4 Å². The van der Waals surface area contributed by atoms with Gasteiger partial charge in [0.1, 0.15) is 6.04 Å². The van der Waals surface area contributed by atoms with Crippen LogP contribution in [0.15, 0.2) is 36.5 Å². The predicted octanol–water partition coefficient (Wildman–Crippen LogP) is 0.526. The van der Waals surface area contributed by atoms with Crippen LogP contribution in [-0.4, -0.2) is 78.3 Å². The summed E-state index contributed by atoms with van der Waals surface area (Å²) < 4.78 is 5.36. The summed E-state index contributed by atoms with van der Waals surface area (Å²) in [5.41, 5.74) is 1.61. The summed E-state index contributed by atoms with van der Waals surface area (Å²) >= 11 is 0. The molecule has 2 aliphatic heterocycles. The number of fused-ring (bicyclic) bond motifs is 1. The molecule has 1 unspecified atom stereocenters. The number of benzene rings is 1. The van der Waals surface area contributed by atoms with Gasteiger partial charge in [-0.3, -0.25) is 19.3 Å². The Bertz CT molecular complexity index is 956. The van der Waals surface area contributed by atoms with Crippen LogP contribution < -0.4 is 15.5 Å². The van der Waals surface area contributed by atoms with E-state index >= 15 is 0 Å². The fraction of sp³-hybridized carbons (Fsp3) is 0.381. The van der Waals surface area contributed by atoms with E-state index < -0.39 is 23.8 Å². The number of nitrogens with zero attached hydrogens (tertiary/aromatic N) is 4. The summed E-state index contributed by atoms with van der Waals surface area (Å²) in [5.74, 6) is -0.691. The van der Waals surface area contributed by atoms with Crippen molar-refractivity contribution in [2.45, 2.75) is 13.0 Å². The zero-order chi connectivity index (χ0) is 21.8. The van der Waals surface area contributed by atoms with E-state index in [0.717, 1.165) is 23.7 Å². The van der Waals surface area contributed by atoms with E-state index in [-0.39, 0.29) is 0 Å². The van der Waals surface area contributed by atoms with Gasteiger partial charge in [0, 0.05) is 32.2 Å². The van der Waals surface area contributed by atoms with Crippen molar-refractivity contribution in [3.8, 4) is 0 Å². The van der Waals surface area contributed by atoms with E-state index in [9.17, 15) is 14.4 Å². The first-order valence-corrected chi connectivity index (χ1v) is 10.2. The molecule has 0 bridgehead atoms. The summed E-state index contributed by atoms with van der Waals surface area (Å²) in [7, 11) is 0. The largest absolute Gasteiger partial charge is 0.378 e. The molecule has 1 saturated heterocycles. The second kappa shape index (κ2) is 9.09. The summed E-state index contributed by atoms with van der Waals surface area (Å²) in [6.07, 6.45) is 1.71. The molecule has 0 radical (unpaired) electrons. The van der Waals surface area contributed by atoms with Gasteiger partial charge in [-0.2, -0.15) is 5.10 Å². The molecule has 3 amide bonds. The number of rotatable bonds is 7. The summed E-state index contributed by atoms with van der Waals surface area (Å²) in [6, 6.07) is 7.58. The predicted molar refractivity (Wildman–Crippen MR) is 113 cm³/mol. The normalized spacial score (nSPS) is 16.8. The maximum absolute atomic E-state index is 12.5. The van der Waals surface area contributed by atoms with Crippen molar-refractivity contribution in [1.82, 2.24) is 20.4 Å². The van der Waals surface area contributed by atoms with Gasteiger partial charge >= 0.3 is 0 Å². The van der Waals surface area contributed by atoms with Crippen LogP contribution in [0.25, 0.3) is 0 Å². The average molecular weight is 424 g/mol. The number of hydrogen-bond acceptors (Lipinski definition) is 8.